The molecule has 0 bridgehead atoms. The van der Waals surface area contributed by atoms with Crippen molar-refractivity contribution in [1.29, 1.82) is 0 Å². The largest absolute Gasteiger partial charge is 0.368 e. The van der Waals surface area contributed by atoms with E-state index < -0.39 is 6.04 Å². The van der Waals surface area contributed by atoms with Gasteiger partial charge in [-0.05, 0) is 67.5 Å². The lowest BCUT2D eigenvalue weighted by Gasteiger charge is -2.30. The third kappa shape index (κ3) is 10.4. The topological polar surface area (TPSA) is 175 Å². The summed E-state index contributed by atoms with van der Waals surface area (Å²) in [6.07, 6.45) is 10.9. The highest BCUT2D eigenvalue weighted by Crippen LogP contribution is 2.40. The van der Waals surface area contributed by atoms with Crippen LogP contribution in [0.15, 0.2) is 79.1 Å². The molecule has 1 fully saturated rings. The SMILES string of the molecule is CC(C)C[C@@H](Cc1cn(C=O)nn1)NC(=O)[C@H](Cc1ccccc1)n1cc(CCCNCC(C)(C)CNc2nn3c(-c4ccccc4)nnc3cc2C2CCC2)nn1. The summed E-state index contributed by atoms with van der Waals surface area (Å²) in [7, 11) is 0. The van der Waals surface area contributed by atoms with E-state index in [0.717, 1.165) is 77.7 Å². The van der Waals surface area contributed by atoms with Crippen molar-refractivity contribution >= 4 is 23.8 Å². The summed E-state index contributed by atoms with van der Waals surface area (Å²) in [5.74, 6) is 2.33. The molecule has 1 amide bonds. The molecule has 4 heterocycles. The number of carbonyl (C=O) groups excluding carboxylic acids is 2. The van der Waals surface area contributed by atoms with Crippen LogP contribution in [0.5, 0.6) is 0 Å². The Balaban J connectivity index is 0.940. The number of nitrogens with one attached hydrogen (secondary N) is 3. The number of amides is 1. The molecule has 3 N–H and O–H groups in total. The van der Waals surface area contributed by atoms with Crippen LogP contribution >= 0.6 is 0 Å². The Kier molecular flexibility index (Phi) is 13.0. The fourth-order valence-corrected chi connectivity index (χ4v) is 7.48. The smallest absolute Gasteiger partial charge is 0.245 e. The van der Waals surface area contributed by atoms with Crippen molar-refractivity contribution in [3.8, 4) is 11.4 Å². The zero-order valence-electron chi connectivity index (χ0n) is 34.0. The minimum Gasteiger partial charge on any atom is -0.368 e. The van der Waals surface area contributed by atoms with Gasteiger partial charge in [-0.3, -0.25) is 9.59 Å². The van der Waals surface area contributed by atoms with Crippen LogP contribution in [-0.4, -0.2) is 87.8 Å². The van der Waals surface area contributed by atoms with Crippen LogP contribution in [-0.2, 0) is 28.9 Å². The summed E-state index contributed by atoms with van der Waals surface area (Å²) in [6, 6.07) is 21.4. The molecule has 0 saturated heterocycles. The van der Waals surface area contributed by atoms with Gasteiger partial charge in [0.1, 0.15) is 6.04 Å². The lowest BCUT2D eigenvalue weighted by molar-refractivity contribution is -0.125. The number of carbonyl (C=O) groups is 2. The van der Waals surface area contributed by atoms with Crippen LogP contribution in [0.2, 0.25) is 0 Å². The highest BCUT2D eigenvalue weighted by atomic mass is 16.2. The van der Waals surface area contributed by atoms with Crippen molar-refractivity contribution in [2.75, 3.05) is 25.0 Å². The van der Waals surface area contributed by atoms with Gasteiger partial charge in [-0.15, -0.1) is 25.5 Å². The molecule has 304 valence electrons. The van der Waals surface area contributed by atoms with Crippen molar-refractivity contribution in [2.24, 2.45) is 11.3 Å². The molecule has 58 heavy (non-hydrogen) atoms. The Hall–Kier alpha value is -5.83. The number of rotatable bonds is 21. The normalized spacial score (nSPS) is 14.4. The van der Waals surface area contributed by atoms with E-state index in [1.165, 1.54) is 24.8 Å². The monoisotopic (exact) mass is 785 g/mol. The predicted octanol–water partition coefficient (Wildman–Crippen LogP) is 5.50. The second-order valence-corrected chi connectivity index (χ2v) is 16.8. The highest BCUT2D eigenvalue weighted by molar-refractivity contribution is 5.81. The molecular weight excluding hydrogens is 731 g/mol. The molecule has 6 aromatic rings. The first-order valence-corrected chi connectivity index (χ1v) is 20.5. The average molecular weight is 786 g/mol. The maximum atomic E-state index is 14.0. The Labute approximate surface area is 339 Å². The number of anilines is 1. The van der Waals surface area contributed by atoms with Gasteiger partial charge in [0.05, 0.1) is 17.6 Å². The van der Waals surface area contributed by atoms with Crippen LogP contribution in [0.25, 0.3) is 17.0 Å². The molecule has 0 radical (unpaired) electrons. The van der Waals surface area contributed by atoms with Gasteiger partial charge in [-0.1, -0.05) is 105 Å². The fourth-order valence-electron chi connectivity index (χ4n) is 7.48. The fraction of sp³-hybridized carbons (Fsp3) is 0.465. The van der Waals surface area contributed by atoms with Crippen LogP contribution in [0.3, 0.4) is 0 Å². The van der Waals surface area contributed by atoms with E-state index in [9.17, 15) is 9.59 Å². The van der Waals surface area contributed by atoms with Gasteiger partial charge < -0.3 is 16.0 Å². The minimum absolute atomic E-state index is 0.0530. The second-order valence-electron chi connectivity index (χ2n) is 16.8. The lowest BCUT2D eigenvalue weighted by atomic mass is 9.80. The van der Waals surface area contributed by atoms with E-state index in [4.69, 9.17) is 5.10 Å². The average Bonchev–Trinajstić information content (AvgIpc) is 3.96. The third-order valence-electron chi connectivity index (χ3n) is 10.8. The number of hydrogen-bond acceptors (Lipinski definition) is 11. The van der Waals surface area contributed by atoms with Gasteiger partial charge in [-0.2, -0.15) is 9.20 Å². The standard InChI is InChI=1S/C43H55N13O2/c1-30(2)21-35(23-36-25-54(29-57)52-48-36)46-42(58)38(22-31-13-7-5-8-14-31)55-26-34(47-53-55)19-12-20-44-27-43(3,4)28-45-40-37(32-17-11-18-32)24-39-49-50-41(56(39)51-40)33-15-9-6-10-16-33/h5-10,13-16,24-26,29-30,32,35,38,44H,11-12,17-23,27-28H2,1-4H3,(H,45,51)(H,46,58)/t35-,38-/m0/s1. The van der Waals surface area contributed by atoms with Crippen molar-refractivity contribution in [1.82, 2.24) is 60.4 Å². The Morgan fingerprint density at radius 3 is 2.38 bits per heavy atom. The maximum absolute atomic E-state index is 14.0. The number of fused-ring (bicyclic) bond motifs is 1. The van der Waals surface area contributed by atoms with Gasteiger partial charge in [0.2, 0.25) is 12.3 Å². The zero-order chi connectivity index (χ0) is 40.5. The van der Waals surface area contributed by atoms with E-state index in [1.807, 2.05) is 71.4 Å². The Morgan fingerprint density at radius 2 is 1.67 bits per heavy atom. The second kappa shape index (κ2) is 18.6. The number of hydrogen-bond donors (Lipinski definition) is 3. The molecular formula is C43H55N13O2. The van der Waals surface area contributed by atoms with Crippen molar-refractivity contribution in [2.45, 2.75) is 97.1 Å². The molecule has 2 aromatic carbocycles. The van der Waals surface area contributed by atoms with Gasteiger partial charge in [0, 0.05) is 49.3 Å². The van der Waals surface area contributed by atoms with Crippen LogP contribution in [0.1, 0.15) is 94.3 Å². The number of aryl methyl sites for hydroxylation is 1. The molecule has 15 heteroatoms. The van der Waals surface area contributed by atoms with Gasteiger partial charge in [-0.25, -0.2) is 4.68 Å². The van der Waals surface area contributed by atoms with Crippen molar-refractivity contribution in [3.63, 3.8) is 0 Å². The van der Waals surface area contributed by atoms with Crippen molar-refractivity contribution < 1.29 is 9.59 Å². The molecule has 1 aliphatic carbocycles. The quantitative estimate of drug-likeness (QED) is 0.0621. The summed E-state index contributed by atoms with van der Waals surface area (Å²) >= 11 is 0. The van der Waals surface area contributed by atoms with Crippen LogP contribution in [0, 0.1) is 11.3 Å². The summed E-state index contributed by atoms with van der Waals surface area (Å²) < 4.78 is 4.69. The number of benzene rings is 2. The van der Waals surface area contributed by atoms with E-state index >= 15 is 0 Å². The molecule has 1 saturated carbocycles. The van der Waals surface area contributed by atoms with Crippen molar-refractivity contribution in [3.05, 3.63) is 102 Å². The van der Waals surface area contributed by atoms with Gasteiger partial charge >= 0.3 is 0 Å². The highest BCUT2D eigenvalue weighted by Gasteiger charge is 2.28. The first kappa shape index (κ1) is 40.4. The molecule has 4 aromatic heterocycles. The van der Waals surface area contributed by atoms with E-state index in [0.29, 0.717) is 36.8 Å². The van der Waals surface area contributed by atoms with Gasteiger partial charge in [0.25, 0.3) is 0 Å². The summed E-state index contributed by atoms with van der Waals surface area (Å²) in [4.78, 5) is 25.2. The minimum atomic E-state index is -0.592. The Bertz CT molecular complexity index is 2240. The molecule has 0 aliphatic heterocycles. The third-order valence-corrected chi connectivity index (χ3v) is 10.8. The molecule has 0 spiro atoms. The first-order chi connectivity index (χ1) is 28.1. The summed E-state index contributed by atoms with van der Waals surface area (Å²) in [5, 5.41) is 41.5. The molecule has 7 rings (SSSR count). The van der Waals surface area contributed by atoms with E-state index in [1.54, 1.807) is 10.9 Å². The molecule has 15 nitrogen and oxygen atoms in total. The van der Waals surface area contributed by atoms with E-state index in [-0.39, 0.29) is 17.4 Å². The molecule has 2 atom stereocenters. The number of nitrogens with zero attached hydrogens (tertiary/aromatic N) is 10. The summed E-state index contributed by atoms with van der Waals surface area (Å²) in [5.41, 5.74) is 5.44. The van der Waals surface area contributed by atoms with Gasteiger partial charge in [0.15, 0.2) is 17.3 Å². The maximum Gasteiger partial charge on any atom is 0.245 e. The Morgan fingerprint density at radius 1 is 0.914 bits per heavy atom. The molecule has 0 unspecified atom stereocenters. The predicted molar refractivity (Wildman–Crippen MR) is 223 cm³/mol. The van der Waals surface area contributed by atoms with E-state index in [2.05, 4.69) is 80.5 Å². The van der Waals surface area contributed by atoms with Crippen LogP contribution < -0.4 is 16.0 Å². The zero-order valence-corrected chi connectivity index (χ0v) is 34.0. The lowest BCUT2D eigenvalue weighted by Crippen LogP contribution is -2.42. The first-order valence-electron chi connectivity index (χ1n) is 20.5. The van der Waals surface area contributed by atoms with Crippen LogP contribution in [0.4, 0.5) is 5.82 Å². The molecule has 1 aliphatic rings. The summed E-state index contributed by atoms with van der Waals surface area (Å²) in [6.45, 7) is 11.1. The number of aromatic nitrogens is 10.